The molecule has 24 nitrogen and oxygen atoms in total. The van der Waals surface area contributed by atoms with E-state index in [0.717, 1.165) is 84.5 Å². The Morgan fingerprint density at radius 2 is 0.771 bits per heavy atom. The molecule has 0 aliphatic rings. The molecule has 0 aliphatic heterocycles. The minimum Gasteiger partial charge on any atom is -0.481 e. The van der Waals surface area contributed by atoms with Gasteiger partial charge in [-0.2, -0.15) is 11.8 Å². The first-order valence-electron chi connectivity index (χ1n) is 36.9. The van der Waals surface area contributed by atoms with Crippen LogP contribution in [0.5, 0.6) is 0 Å². The number of amides is 7. The molecule has 7 amide bonds. The van der Waals surface area contributed by atoms with Gasteiger partial charge >= 0.3 is 23.9 Å². The van der Waals surface area contributed by atoms with Crippen LogP contribution in [-0.4, -0.2) is 159 Å². The Balaban J connectivity index is 5.82. The molecule has 0 aromatic heterocycles. The van der Waals surface area contributed by atoms with Gasteiger partial charge in [-0.25, -0.2) is 4.79 Å². The van der Waals surface area contributed by atoms with Crippen LogP contribution in [0, 0.1) is 0 Å². The van der Waals surface area contributed by atoms with E-state index < -0.39 is 128 Å². The molecule has 0 aromatic carbocycles. The maximum absolute atomic E-state index is 13.6. The number of thioether (sulfide) groups is 1. The fourth-order valence-corrected chi connectivity index (χ4v) is 11.7. The lowest BCUT2D eigenvalue weighted by Gasteiger charge is -2.26. The van der Waals surface area contributed by atoms with Gasteiger partial charge in [-0.15, -0.1) is 0 Å². The van der Waals surface area contributed by atoms with Gasteiger partial charge < -0.3 is 67.1 Å². The van der Waals surface area contributed by atoms with Crippen molar-refractivity contribution in [2.24, 2.45) is 0 Å². The standard InChI is InChI=1S/C71H129N7O17S/c1-6-9-12-15-18-21-24-26-29-32-35-38-41-44-63(87)94-52-56(95-64(88)45-42-39-36-33-30-27-25-22-19-16-13-10-7-2)53-96-49-48-59(82)76-67(75-58(81)43-40-37-34-31-28-23-20-17-14-11-8-3)70(91)73-50-60(83)72-51-61(84)74-57(46-47-62(85)86)68(89)77-65(54(4)79)69(90)78-66(55(5)80)71(92)93/h54-57,65-67,79-80H,6-53H2,1-5H3,(H,72,83)(H,73,91)(H,74,84)(H,75,81)(H,76,82)(H,77,89)(H,78,90)(H,85,86)(H,92,93)/t54-,55-,56-,57?,65+,66+,67-/m1/s1. The van der Waals surface area contributed by atoms with E-state index in [1.807, 2.05) is 5.32 Å². The number of carboxylic acids is 2. The van der Waals surface area contributed by atoms with Crippen molar-refractivity contribution in [3.05, 3.63) is 0 Å². The van der Waals surface area contributed by atoms with Gasteiger partial charge in [0.1, 0.15) is 24.8 Å². The number of aliphatic hydroxyl groups is 2. The monoisotopic (exact) mass is 1380 g/mol. The molecule has 0 aromatic rings. The normalized spacial score (nSPS) is 13.4. The van der Waals surface area contributed by atoms with E-state index in [4.69, 9.17) is 9.47 Å². The van der Waals surface area contributed by atoms with Crippen molar-refractivity contribution in [1.29, 1.82) is 0 Å². The average Bonchev–Trinajstić information content (AvgIpc) is 0.960. The highest BCUT2D eigenvalue weighted by Gasteiger charge is 2.34. The number of aliphatic carboxylic acids is 2. The van der Waals surface area contributed by atoms with E-state index in [1.165, 1.54) is 159 Å². The number of hydrogen-bond donors (Lipinski definition) is 11. The summed E-state index contributed by atoms with van der Waals surface area (Å²) >= 11 is 1.28. The van der Waals surface area contributed by atoms with Crippen LogP contribution in [0.25, 0.3) is 0 Å². The molecule has 11 N–H and O–H groups in total. The lowest BCUT2D eigenvalue weighted by atomic mass is 10.0. The van der Waals surface area contributed by atoms with Crippen LogP contribution in [-0.2, 0) is 62.2 Å². The van der Waals surface area contributed by atoms with Gasteiger partial charge in [-0.3, -0.25) is 47.9 Å². The largest absolute Gasteiger partial charge is 0.481 e. The zero-order chi connectivity index (χ0) is 71.4. The summed E-state index contributed by atoms with van der Waals surface area (Å²) in [6, 6.07) is -5.30. The Morgan fingerprint density at radius 1 is 0.385 bits per heavy atom. The second-order valence-electron chi connectivity index (χ2n) is 25.8. The highest BCUT2D eigenvalue weighted by molar-refractivity contribution is 7.99. The highest BCUT2D eigenvalue weighted by atomic mass is 32.2. The zero-order valence-electron chi connectivity index (χ0n) is 59.5. The molecule has 96 heavy (non-hydrogen) atoms. The van der Waals surface area contributed by atoms with Gasteiger partial charge in [0.25, 0.3) is 5.91 Å². The Bertz CT molecular complexity index is 2140. The van der Waals surface area contributed by atoms with Crippen LogP contribution < -0.4 is 37.2 Å². The van der Waals surface area contributed by atoms with Crippen molar-refractivity contribution in [1.82, 2.24) is 37.2 Å². The summed E-state index contributed by atoms with van der Waals surface area (Å²) in [5.41, 5.74) is 0. The molecule has 0 rings (SSSR count). The molecule has 0 saturated heterocycles. The van der Waals surface area contributed by atoms with Crippen LogP contribution >= 0.6 is 11.8 Å². The minimum absolute atomic E-state index is 0.0537. The predicted molar refractivity (Wildman–Crippen MR) is 374 cm³/mol. The third-order valence-corrected chi connectivity index (χ3v) is 17.7. The van der Waals surface area contributed by atoms with Gasteiger partial charge in [-0.1, -0.05) is 239 Å². The fourth-order valence-electron chi connectivity index (χ4n) is 10.7. The van der Waals surface area contributed by atoms with E-state index in [9.17, 15) is 73.2 Å². The second-order valence-corrected chi connectivity index (χ2v) is 26.9. The van der Waals surface area contributed by atoms with Crippen LogP contribution in [0.15, 0.2) is 0 Å². The molecular formula is C71H129N7O17S. The summed E-state index contributed by atoms with van der Waals surface area (Å²) in [5, 5.41) is 54.8. The van der Waals surface area contributed by atoms with Crippen molar-refractivity contribution in [2.75, 3.05) is 31.2 Å². The SMILES string of the molecule is CCCCCCCCCCCCCCCC(=O)OC[C@H](CSCCC(=O)N[C@@H](NC(=O)CCCCCCCCCCCCC)C(=O)NCC(=O)NCC(=O)NC(CCC(=O)O)C(=O)N[C@H](C(=O)N[C@H](C(=O)O)[C@@H](C)O)[C@@H](C)O)OC(=O)CCCCCCCCCCCCCCC. The second kappa shape index (κ2) is 61.7. The molecule has 25 heteroatoms. The molecule has 0 heterocycles. The quantitative estimate of drug-likeness (QED) is 0.0153. The van der Waals surface area contributed by atoms with E-state index in [-0.39, 0.29) is 49.8 Å². The van der Waals surface area contributed by atoms with E-state index in [0.29, 0.717) is 19.3 Å². The number of unbranched alkanes of at least 4 members (excludes halogenated alkanes) is 34. The van der Waals surface area contributed by atoms with Gasteiger partial charge in [0.15, 0.2) is 12.2 Å². The fraction of sp³-hybridized carbons (Fsp3) is 0.845. The number of carboxylic acid groups (broad SMARTS) is 2. The molecule has 1 unspecified atom stereocenters. The maximum atomic E-state index is 13.6. The number of rotatable bonds is 66. The van der Waals surface area contributed by atoms with E-state index in [2.05, 4.69) is 52.7 Å². The Kier molecular flexibility index (Phi) is 58.2. The Morgan fingerprint density at radius 3 is 1.19 bits per heavy atom. The summed E-state index contributed by atoms with van der Waals surface area (Å²) in [7, 11) is 0. The Hall–Kier alpha value is -5.56. The zero-order valence-corrected chi connectivity index (χ0v) is 60.3. The van der Waals surface area contributed by atoms with Crippen LogP contribution in [0.3, 0.4) is 0 Å². The van der Waals surface area contributed by atoms with Gasteiger partial charge in [0.2, 0.25) is 35.4 Å². The van der Waals surface area contributed by atoms with Crippen molar-refractivity contribution in [2.45, 2.75) is 353 Å². The van der Waals surface area contributed by atoms with Crippen molar-refractivity contribution >= 4 is 77.0 Å². The molecule has 0 fully saturated rings. The molecule has 0 aliphatic carbocycles. The number of esters is 2. The average molecular weight is 1380 g/mol. The van der Waals surface area contributed by atoms with Crippen molar-refractivity contribution in [3.8, 4) is 0 Å². The minimum atomic E-state index is -1.82. The summed E-state index contributed by atoms with van der Waals surface area (Å²) < 4.78 is 11.5. The third-order valence-electron chi connectivity index (χ3n) is 16.6. The molecule has 0 saturated carbocycles. The number of nitrogens with one attached hydrogen (secondary N) is 7. The number of hydrogen-bond acceptors (Lipinski definition) is 16. The first-order valence-corrected chi connectivity index (χ1v) is 38.1. The lowest BCUT2D eigenvalue weighted by Crippen LogP contribution is -2.60. The molecule has 0 bridgehead atoms. The van der Waals surface area contributed by atoms with Crippen LogP contribution in [0.4, 0.5) is 0 Å². The van der Waals surface area contributed by atoms with Crippen molar-refractivity contribution in [3.63, 3.8) is 0 Å². The van der Waals surface area contributed by atoms with Crippen LogP contribution in [0.1, 0.15) is 311 Å². The smallest absolute Gasteiger partial charge is 0.328 e. The first-order chi connectivity index (χ1) is 46.1. The first kappa shape index (κ1) is 90.4. The Labute approximate surface area is 578 Å². The van der Waals surface area contributed by atoms with Crippen molar-refractivity contribution < 1.29 is 82.6 Å². The van der Waals surface area contributed by atoms with Gasteiger partial charge in [0.05, 0.1) is 25.3 Å². The van der Waals surface area contributed by atoms with Crippen LogP contribution in [0.2, 0.25) is 0 Å². The molecular weight excluding hydrogens is 1250 g/mol. The summed E-state index contributed by atoms with van der Waals surface area (Å²) in [5.74, 6) is -9.80. The summed E-state index contributed by atoms with van der Waals surface area (Å²) in [6.45, 7) is 7.11. The van der Waals surface area contributed by atoms with E-state index in [1.54, 1.807) is 0 Å². The molecule has 556 valence electrons. The number of ether oxygens (including phenoxy) is 2. The maximum Gasteiger partial charge on any atom is 0.328 e. The summed E-state index contributed by atoms with van der Waals surface area (Å²) in [4.78, 5) is 142. The third kappa shape index (κ3) is 53.5. The van der Waals surface area contributed by atoms with Gasteiger partial charge in [-0.05, 0) is 39.5 Å². The van der Waals surface area contributed by atoms with Gasteiger partial charge in [0, 0.05) is 43.6 Å². The number of aliphatic hydroxyl groups excluding tert-OH is 2. The van der Waals surface area contributed by atoms with E-state index >= 15 is 0 Å². The summed E-state index contributed by atoms with van der Waals surface area (Å²) in [6.07, 6.45) is 35.6. The number of carbonyl (C=O) groups is 11. The molecule has 7 atom stereocenters. The lowest BCUT2D eigenvalue weighted by molar-refractivity contribution is -0.157. The highest BCUT2D eigenvalue weighted by Crippen LogP contribution is 2.18. The number of carbonyl (C=O) groups excluding carboxylic acids is 9. The topological polar surface area (TPSA) is 371 Å². The predicted octanol–water partition coefficient (Wildman–Crippen LogP) is 10.2. The molecule has 0 spiro atoms. The molecule has 0 radical (unpaired) electrons.